The third-order valence-corrected chi connectivity index (χ3v) is 10.8. The van der Waals surface area contributed by atoms with Gasteiger partial charge in [-0.1, -0.05) is 20.8 Å². The van der Waals surface area contributed by atoms with E-state index in [0.29, 0.717) is 12.2 Å². The predicted molar refractivity (Wildman–Crippen MR) is 125 cm³/mol. The van der Waals surface area contributed by atoms with Gasteiger partial charge in [0.2, 0.25) is 0 Å². The maximum atomic E-state index is 12.7. The van der Waals surface area contributed by atoms with Gasteiger partial charge in [-0.25, -0.2) is 4.79 Å². The summed E-state index contributed by atoms with van der Waals surface area (Å²) in [5.74, 6) is -0.200. The van der Waals surface area contributed by atoms with Crippen LogP contribution < -0.4 is 11.2 Å². The molecule has 1 saturated heterocycles. The molecule has 1 fully saturated rings. The molecule has 0 bridgehead atoms. The largest absolute Gasteiger partial charge is 0.408 e. The van der Waals surface area contributed by atoms with Crippen molar-refractivity contribution in [2.45, 2.75) is 89.8 Å². The summed E-state index contributed by atoms with van der Waals surface area (Å²) in [5.41, 5.74) is -0.833. The number of aliphatic hydroxyl groups excluding tert-OH is 1. The van der Waals surface area contributed by atoms with Crippen LogP contribution in [0, 0.1) is 6.92 Å². The highest BCUT2D eigenvalue weighted by molar-refractivity contribution is 6.74. The number of methoxy groups -OCH3 is 1. The highest BCUT2D eigenvalue weighted by Gasteiger charge is 2.53. The second-order valence-corrected chi connectivity index (χ2v) is 14.9. The average molecular weight is 487 g/mol. The Labute approximate surface area is 195 Å². The van der Waals surface area contributed by atoms with Crippen molar-refractivity contribution in [1.29, 1.82) is 0 Å². The minimum Gasteiger partial charge on any atom is -0.408 e. The summed E-state index contributed by atoms with van der Waals surface area (Å²) in [6, 6.07) is 0. The molecule has 0 saturated carbocycles. The normalized spacial score (nSPS) is 24.8. The van der Waals surface area contributed by atoms with E-state index in [-0.39, 0.29) is 23.8 Å². The molecule has 1 aromatic heterocycles. The number of H-pyrrole nitrogens is 1. The fourth-order valence-electron chi connectivity index (χ4n) is 3.48. The number of nitrogens with one attached hydrogen (secondary N) is 1. The molecule has 33 heavy (non-hydrogen) atoms. The van der Waals surface area contributed by atoms with Crippen LogP contribution in [-0.2, 0) is 23.4 Å². The fraction of sp³-hybridized carbons (Fsp3) is 0.773. The van der Waals surface area contributed by atoms with Crippen molar-refractivity contribution in [3.63, 3.8) is 0 Å². The minimum atomic E-state index is -2.38. The van der Waals surface area contributed by atoms with E-state index in [4.69, 9.17) is 18.6 Å². The molecule has 11 heteroatoms. The van der Waals surface area contributed by atoms with Crippen LogP contribution >= 0.6 is 0 Å². The topological polar surface area (TPSA) is 129 Å². The summed E-state index contributed by atoms with van der Waals surface area (Å²) >= 11 is 0. The van der Waals surface area contributed by atoms with Crippen molar-refractivity contribution in [3.8, 4) is 0 Å². The smallest absolute Gasteiger partial charge is 0.330 e. The predicted octanol–water partition coefficient (Wildman–Crippen LogP) is 1.50. The zero-order chi connectivity index (χ0) is 25.1. The van der Waals surface area contributed by atoms with E-state index in [9.17, 15) is 19.5 Å². The Hall–Kier alpha value is -1.63. The second kappa shape index (κ2) is 10.7. The monoisotopic (exact) mass is 486 g/mol. The first-order valence-electron chi connectivity index (χ1n) is 11.1. The lowest BCUT2D eigenvalue weighted by molar-refractivity contribution is -0.125. The zero-order valence-electron chi connectivity index (χ0n) is 20.8. The number of aromatic nitrogens is 2. The molecule has 0 radical (unpaired) electrons. The molecule has 188 valence electrons. The quantitative estimate of drug-likeness (QED) is 0.376. The molecule has 1 aliphatic heterocycles. The number of aromatic amines is 1. The standard InChI is InChI=1S/C22H38N2O8Si/c1-13-12-24(21(28)23-19(13)27)20-18(30-10-9-29-6)17(32-33(7,8)22(3,4)5)16(31-20)15(26)11-14(2)25/h12,15-18,20,26H,9-11H2,1-8H3,(H,23,27,28)/t15-,16+,17?,18-,20+/m0/s1. The van der Waals surface area contributed by atoms with Gasteiger partial charge in [-0.3, -0.25) is 19.1 Å². The molecule has 0 amide bonds. The molecule has 0 aliphatic carbocycles. The molecule has 5 atom stereocenters. The van der Waals surface area contributed by atoms with E-state index in [1.54, 1.807) is 14.0 Å². The molecule has 1 aromatic rings. The van der Waals surface area contributed by atoms with Crippen LogP contribution in [0.4, 0.5) is 0 Å². The highest BCUT2D eigenvalue weighted by Crippen LogP contribution is 2.42. The van der Waals surface area contributed by atoms with E-state index in [1.807, 2.05) is 0 Å². The lowest BCUT2D eigenvalue weighted by Crippen LogP contribution is -2.52. The number of carbonyl (C=O) groups is 1. The Morgan fingerprint density at radius 2 is 1.91 bits per heavy atom. The van der Waals surface area contributed by atoms with Crippen molar-refractivity contribution >= 4 is 14.1 Å². The summed E-state index contributed by atoms with van der Waals surface area (Å²) in [5, 5.41) is 10.7. The lowest BCUT2D eigenvalue weighted by Gasteiger charge is -2.41. The second-order valence-electron chi connectivity index (χ2n) is 10.1. The number of aryl methyl sites for hydroxylation is 1. The van der Waals surface area contributed by atoms with E-state index in [1.165, 1.54) is 17.7 Å². The SMILES string of the molecule is COCCO[C@H]1C(O[Si](C)(C)C(C)(C)C)[C@@H]([C@@H](O)CC(C)=O)O[C@H]1n1cc(C)c(=O)[nH]c1=O. The first-order valence-corrected chi connectivity index (χ1v) is 14.0. The summed E-state index contributed by atoms with van der Waals surface area (Å²) in [4.78, 5) is 38.6. The van der Waals surface area contributed by atoms with Crippen molar-refractivity contribution in [1.82, 2.24) is 9.55 Å². The zero-order valence-corrected chi connectivity index (χ0v) is 21.8. The maximum absolute atomic E-state index is 12.7. The Morgan fingerprint density at radius 1 is 1.27 bits per heavy atom. The van der Waals surface area contributed by atoms with Gasteiger partial charge in [-0.15, -0.1) is 0 Å². The van der Waals surface area contributed by atoms with Crippen LogP contribution in [0.3, 0.4) is 0 Å². The van der Waals surface area contributed by atoms with Gasteiger partial charge in [-0.05, 0) is 32.0 Å². The van der Waals surface area contributed by atoms with Crippen molar-refractivity contribution < 1.29 is 28.5 Å². The molecule has 2 rings (SSSR count). The molecule has 2 N–H and O–H groups in total. The number of Topliss-reactive ketones (excluding diaryl/α,β-unsaturated/α-hetero) is 1. The lowest BCUT2D eigenvalue weighted by atomic mass is 10.0. The number of hydrogen-bond acceptors (Lipinski definition) is 8. The Morgan fingerprint density at radius 3 is 2.45 bits per heavy atom. The first kappa shape index (κ1) is 27.6. The Kier molecular flexibility index (Phi) is 8.99. The number of aliphatic hydroxyl groups is 1. The third-order valence-electron chi connectivity index (χ3n) is 6.36. The number of carbonyl (C=O) groups excluding carboxylic acids is 1. The molecule has 10 nitrogen and oxygen atoms in total. The third kappa shape index (κ3) is 6.49. The minimum absolute atomic E-state index is 0.126. The van der Waals surface area contributed by atoms with Crippen molar-refractivity contribution in [3.05, 3.63) is 32.6 Å². The van der Waals surface area contributed by atoms with Gasteiger partial charge < -0.3 is 23.7 Å². The number of nitrogens with zero attached hydrogens (tertiary/aromatic N) is 1. The molecule has 2 heterocycles. The van der Waals surface area contributed by atoms with E-state index < -0.39 is 50.2 Å². The molecular weight excluding hydrogens is 448 g/mol. The van der Waals surface area contributed by atoms with Gasteiger partial charge in [0.25, 0.3) is 5.56 Å². The number of rotatable bonds is 10. The fourth-order valence-corrected chi connectivity index (χ4v) is 4.78. The van der Waals surface area contributed by atoms with Gasteiger partial charge in [0.05, 0.1) is 19.3 Å². The molecule has 0 aromatic carbocycles. The van der Waals surface area contributed by atoms with Crippen molar-refractivity contribution in [2.24, 2.45) is 0 Å². The van der Waals surface area contributed by atoms with Gasteiger partial charge in [0.15, 0.2) is 14.5 Å². The van der Waals surface area contributed by atoms with Crippen molar-refractivity contribution in [2.75, 3.05) is 20.3 Å². The van der Waals surface area contributed by atoms with E-state index in [0.717, 1.165) is 0 Å². The van der Waals surface area contributed by atoms with Crippen LogP contribution in [0.5, 0.6) is 0 Å². The molecular formula is C22H38N2O8Si. The Bertz CT molecular complexity index is 936. The van der Waals surface area contributed by atoms with Crippen LogP contribution in [-0.4, -0.2) is 73.5 Å². The summed E-state index contributed by atoms with van der Waals surface area (Å²) in [6.07, 6.45) is -3.31. The van der Waals surface area contributed by atoms with Gasteiger partial charge in [0, 0.05) is 25.3 Å². The molecule has 1 unspecified atom stereocenters. The van der Waals surface area contributed by atoms with Crippen LogP contribution in [0.15, 0.2) is 15.8 Å². The van der Waals surface area contributed by atoms with E-state index in [2.05, 4.69) is 38.8 Å². The van der Waals surface area contributed by atoms with Gasteiger partial charge in [-0.2, -0.15) is 0 Å². The van der Waals surface area contributed by atoms with Crippen LogP contribution in [0.1, 0.15) is 45.9 Å². The van der Waals surface area contributed by atoms with E-state index >= 15 is 0 Å². The first-order chi connectivity index (χ1) is 15.2. The maximum Gasteiger partial charge on any atom is 0.330 e. The van der Waals surface area contributed by atoms with Gasteiger partial charge in [0.1, 0.15) is 24.1 Å². The molecule has 1 aliphatic rings. The highest BCUT2D eigenvalue weighted by atomic mass is 28.4. The van der Waals surface area contributed by atoms with Gasteiger partial charge >= 0.3 is 5.69 Å². The number of hydrogen-bond donors (Lipinski definition) is 2. The summed E-state index contributed by atoms with van der Waals surface area (Å²) in [6.45, 7) is 13.9. The van der Waals surface area contributed by atoms with Crippen LogP contribution in [0.25, 0.3) is 0 Å². The Balaban J connectivity index is 2.57. The average Bonchev–Trinajstić information content (AvgIpc) is 3.01. The number of ether oxygens (including phenoxy) is 3. The summed E-state index contributed by atoms with van der Waals surface area (Å²) < 4.78 is 25.3. The molecule has 0 spiro atoms. The summed E-state index contributed by atoms with van der Waals surface area (Å²) in [7, 11) is -0.837. The van der Waals surface area contributed by atoms with Crippen LogP contribution in [0.2, 0.25) is 18.1 Å². The number of ketones is 1.